The quantitative estimate of drug-likeness (QED) is 0.860. The Balaban J connectivity index is 2.55. The van der Waals surface area contributed by atoms with Crippen molar-refractivity contribution in [3.8, 4) is 0 Å². The third kappa shape index (κ3) is 1.76. The summed E-state index contributed by atoms with van der Waals surface area (Å²) in [6.45, 7) is 0. The molecule has 0 spiro atoms. The lowest BCUT2D eigenvalue weighted by atomic mass is 9.75. The van der Waals surface area contributed by atoms with Crippen molar-refractivity contribution in [1.29, 1.82) is 0 Å². The molecule has 0 radical (unpaired) electrons. The van der Waals surface area contributed by atoms with Crippen LogP contribution in [0.5, 0.6) is 0 Å². The second-order valence-corrected chi connectivity index (χ2v) is 4.40. The first-order valence-electron chi connectivity index (χ1n) is 6.43. The Labute approximate surface area is 104 Å². The number of likely N-dealkylation sites (N-methyl/N-ethyl adjacent to an activating group) is 1. The van der Waals surface area contributed by atoms with Gasteiger partial charge in [0, 0.05) is 14.1 Å². The van der Waals surface area contributed by atoms with Gasteiger partial charge in [0.15, 0.2) is 5.78 Å². The van der Waals surface area contributed by atoms with Crippen molar-refractivity contribution in [3.63, 3.8) is 0 Å². The van der Waals surface area contributed by atoms with E-state index in [0.717, 1.165) is 0 Å². The lowest BCUT2D eigenvalue weighted by Gasteiger charge is -2.36. The Hall–Kier alpha value is -0.860. The molecule has 1 atom stereocenters. The average Bonchev–Trinajstić information content (AvgIpc) is 2.34. The van der Waals surface area contributed by atoms with Crippen LogP contribution in [0.4, 0.5) is 0 Å². The van der Waals surface area contributed by atoms with Crippen molar-refractivity contribution in [3.05, 3.63) is 34.9 Å². The van der Waals surface area contributed by atoms with Crippen LogP contribution >= 0.6 is 11.6 Å². The predicted molar refractivity (Wildman–Crippen MR) is 65.7 cm³/mol. The molecule has 1 aromatic carbocycles. The molecule has 1 aliphatic rings. The summed E-state index contributed by atoms with van der Waals surface area (Å²) in [7, 11) is 1.68. The van der Waals surface area contributed by atoms with E-state index in [4.69, 9.17) is 14.3 Å². The highest BCUT2D eigenvalue weighted by molar-refractivity contribution is 6.31. The number of hydrogen-bond acceptors (Lipinski definition) is 2. The van der Waals surface area contributed by atoms with Gasteiger partial charge in [-0.1, -0.05) is 36.2 Å². The molecule has 0 saturated heterocycles. The molecule has 2 rings (SSSR count). The number of benzene rings is 1. The summed E-state index contributed by atoms with van der Waals surface area (Å²) in [5.41, 5.74) is -0.331. The zero-order chi connectivity index (χ0) is 13.4. The molecule has 0 aliphatic heterocycles. The molecule has 1 aromatic rings. The third-order valence-electron chi connectivity index (χ3n) is 3.16. The minimum Gasteiger partial charge on any atom is -0.304 e. The topological polar surface area (TPSA) is 29.1 Å². The minimum atomic E-state index is -1.79. The lowest BCUT2D eigenvalue weighted by molar-refractivity contribution is -0.127. The highest BCUT2D eigenvalue weighted by Crippen LogP contribution is 2.37. The standard InChI is InChI=1S/C13H16ClNO/c1-15-13(9-5-4-8-12(13)16)10-6-2-3-7-11(10)14/h2-3,6-7,15H,4-5,8-9H2,1H3/t13-/m1/s1/i8D2. The molecule has 0 unspecified atom stereocenters. The number of carbonyl (C=O) groups is 1. The van der Waals surface area contributed by atoms with Crippen LogP contribution in [-0.2, 0) is 10.3 Å². The second-order valence-electron chi connectivity index (χ2n) is 3.99. The maximum absolute atomic E-state index is 12.5. The molecule has 1 N–H and O–H groups in total. The fourth-order valence-corrected chi connectivity index (χ4v) is 2.55. The summed E-state index contributed by atoms with van der Waals surface area (Å²) in [5.74, 6) is -0.420. The summed E-state index contributed by atoms with van der Waals surface area (Å²) >= 11 is 6.17. The van der Waals surface area contributed by atoms with Crippen LogP contribution in [0.25, 0.3) is 0 Å². The Kier molecular flexibility index (Phi) is 2.62. The van der Waals surface area contributed by atoms with E-state index in [0.29, 0.717) is 23.4 Å². The molecule has 0 amide bonds. The highest BCUT2D eigenvalue weighted by atomic mass is 35.5. The first-order valence-corrected chi connectivity index (χ1v) is 5.81. The SMILES string of the molecule is [2H]C1([2H])CCC[C@@](NC)(c2ccccc2Cl)C1=O. The van der Waals surface area contributed by atoms with Crippen LogP contribution < -0.4 is 5.32 Å². The summed E-state index contributed by atoms with van der Waals surface area (Å²) in [4.78, 5) is 12.5. The van der Waals surface area contributed by atoms with Gasteiger partial charge >= 0.3 is 0 Å². The maximum atomic E-state index is 12.5. The zero-order valence-corrected chi connectivity index (χ0v) is 9.97. The minimum absolute atomic E-state index is 0.277. The number of rotatable bonds is 2. The molecule has 0 aromatic heterocycles. The van der Waals surface area contributed by atoms with Crippen molar-refractivity contribution in [1.82, 2.24) is 5.32 Å². The maximum Gasteiger partial charge on any atom is 0.157 e. The van der Waals surface area contributed by atoms with Gasteiger partial charge in [-0.05, 0) is 31.5 Å². The molecule has 0 bridgehead atoms. The zero-order valence-electron chi connectivity index (χ0n) is 11.2. The van der Waals surface area contributed by atoms with Crippen LogP contribution in [0.2, 0.25) is 5.02 Å². The van der Waals surface area contributed by atoms with E-state index in [-0.39, 0.29) is 6.42 Å². The van der Waals surface area contributed by atoms with Crippen molar-refractivity contribution in [2.75, 3.05) is 7.05 Å². The largest absolute Gasteiger partial charge is 0.304 e. The van der Waals surface area contributed by atoms with E-state index in [2.05, 4.69) is 5.32 Å². The molecule has 1 fully saturated rings. The van der Waals surface area contributed by atoms with Gasteiger partial charge in [-0.3, -0.25) is 4.79 Å². The van der Waals surface area contributed by atoms with Crippen LogP contribution in [0.15, 0.2) is 24.3 Å². The van der Waals surface area contributed by atoms with Gasteiger partial charge in [0.1, 0.15) is 5.54 Å². The fourth-order valence-electron chi connectivity index (χ4n) is 2.26. The van der Waals surface area contributed by atoms with Crippen molar-refractivity contribution in [2.45, 2.75) is 31.2 Å². The Morgan fingerprint density at radius 2 is 2.19 bits per heavy atom. The fraction of sp³-hybridized carbons (Fsp3) is 0.462. The summed E-state index contributed by atoms with van der Waals surface area (Å²) in [6, 6.07) is 7.14. The second kappa shape index (κ2) is 4.56. The van der Waals surface area contributed by atoms with E-state index in [1.807, 2.05) is 6.07 Å². The van der Waals surface area contributed by atoms with E-state index in [1.165, 1.54) is 0 Å². The molecule has 86 valence electrons. The van der Waals surface area contributed by atoms with Crippen molar-refractivity contribution >= 4 is 17.4 Å². The Morgan fingerprint density at radius 3 is 2.88 bits per heavy atom. The van der Waals surface area contributed by atoms with Crippen LogP contribution in [0.1, 0.15) is 33.9 Å². The molecule has 0 heterocycles. The molecular formula is C13H16ClNO. The number of hydrogen-bond donors (Lipinski definition) is 1. The molecule has 1 aliphatic carbocycles. The summed E-state index contributed by atoms with van der Waals surface area (Å²) in [6.07, 6.45) is -0.281. The third-order valence-corrected chi connectivity index (χ3v) is 3.49. The van der Waals surface area contributed by atoms with E-state index in [9.17, 15) is 4.79 Å². The van der Waals surface area contributed by atoms with Gasteiger partial charge in [0.05, 0.1) is 0 Å². The summed E-state index contributed by atoms with van der Waals surface area (Å²) < 4.78 is 15.7. The van der Waals surface area contributed by atoms with Crippen molar-refractivity contribution < 1.29 is 7.54 Å². The lowest BCUT2D eigenvalue weighted by Crippen LogP contribution is -2.49. The molecule has 3 heteroatoms. The highest BCUT2D eigenvalue weighted by Gasteiger charge is 2.40. The van der Waals surface area contributed by atoms with Crippen LogP contribution in [0.3, 0.4) is 0 Å². The van der Waals surface area contributed by atoms with Gasteiger partial charge in [0.25, 0.3) is 0 Å². The van der Waals surface area contributed by atoms with Gasteiger partial charge < -0.3 is 5.32 Å². The van der Waals surface area contributed by atoms with Gasteiger partial charge in [-0.15, -0.1) is 0 Å². The first-order chi connectivity index (χ1) is 8.44. The van der Waals surface area contributed by atoms with E-state index in [1.54, 1.807) is 25.2 Å². The Bertz CT molecular complexity index is 478. The van der Waals surface area contributed by atoms with Gasteiger partial charge in [-0.2, -0.15) is 0 Å². The number of halogens is 1. The van der Waals surface area contributed by atoms with E-state index >= 15 is 0 Å². The van der Waals surface area contributed by atoms with E-state index < -0.39 is 17.7 Å². The van der Waals surface area contributed by atoms with Gasteiger partial charge in [-0.25, -0.2) is 0 Å². The average molecular weight is 240 g/mol. The van der Waals surface area contributed by atoms with Crippen molar-refractivity contribution in [2.24, 2.45) is 0 Å². The number of nitrogens with one attached hydrogen (secondary N) is 1. The number of ketones is 1. The predicted octanol–water partition coefficient (Wildman–Crippen LogP) is 2.90. The smallest absolute Gasteiger partial charge is 0.157 e. The monoisotopic (exact) mass is 239 g/mol. The molecular weight excluding hydrogens is 222 g/mol. The normalized spacial score (nSPS) is 30.8. The van der Waals surface area contributed by atoms with Crippen LogP contribution in [0, 0.1) is 0 Å². The molecule has 2 nitrogen and oxygen atoms in total. The molecule has 16 heavy (non-hydrogen) atoms. The van der Waals surface area contributed by atoms with Gasteiger partial charge in [0.2, 0.25) is 0 Å². The number of Topliss-reactive ketones (excluding diaryl/α,β-unsaturated/α-hetero) is 1. The first kappa shape index (κ1) is 9.20. The summed E-state index contributed by atoms with van der Waals surface area (Å²) in [5, 5.41) is 3.50. The Morgan fingerprint density at radius 1 is 1.44 bits per heavy atom. The number of carbonyl (C=O) groups excluding carboxylic acids is 1. The molecule has 1 saturated carbocycles. The van der Waals surface area contributed by atoms with Crippen LogP contribution in [-0.4, -0.2) is 12.8 Å².